The molecule has 15 heavy (non-hydrogen) atoms. The van der Waals surface area contributed by atoms with Gasteiger partial charge < -0.3 is 10.1 Å². The summed E-state index contributed by atoms with van der Waals surface area (Å²) in [5, 5.41) is 3.39. The fraction of sp³-hybridized carbons (Fsp3) is 0.417. The molecule has 3 nitrogen and oxygen atoms in total. The van der Waals surface area contributed by atoms with Gasteiger partial charge in [-0.25, -0.2) is 0 Å². The summed E-state index contributed by atoms with van der Waals surface area (Å²) in [5.74, 6) is 0. The molecule has 1 N–H and O–H groups in total. The monoisotopic (exact) mass is 205 g/mol. The molecule has 3 heteroatoms. The molecule has 1 heterocycles. The highest BCUT2D eigenvalue weighted by Crippen LogP contribution is 2.17. The van der Waals surface area contributed by atoms with Gasteiger partial charge in [-0.15, -0.1) is 0 Å². The Morgan fingerprint density at radius 2 is 2.00 bits per heavy atom. The van der Waals surface area contributed by atoms with E-state index in [9.17, 15) is 4.79 Å². The van der Waals surface area contributed by atoms with Gasteiger partial charge in [-0.2, -0.15) is 0 Å². The van der Waals surface area contributed by atoms with Crippen molar-refractivity contribution in [2.75, 3.05) is 18.5 Å². The first-order valence-corrected chi connectivity index (χ1v) is 5.28. The smallest absolute Gasteiger partial charge is 0.152 e. The van der Waals surface area contributed by atoms with Crippen LogP contribution in [-0.2, 0) is 4.74 Å². The molecule has 0 unspecified atom stereocenters. The number of hydrogen-bond acceptors (Lipinski definition) is 3. The molecule has 0 saturated carbocycles. The second kappa shape index (κ2) is 4.94. The second-order valence-corrected chi connectivity index (χ2v) is 3.74. The Labute approximate surface area is 89.4 Å². The van der Waals surface area contributed by atoms with Crippen molar-refractivity contribution in [2.45, 2.75) is 18.9 Å². The van der Waals surface area contributed by atoms with Crippen LogP contribution in [0.25, 0.3) is 0 Å². The van der Waals surface area contributed by atoms with Crippen LogP contribution in [0.2, 0.25) is 0 Å². The third kappa shape index (κ3) is 2.57. The number of para-hydroxylation sites is 1. The van der Waals surface area contributed by atoms with Crippen LogP contribution in [0.3, 0.4) is 0 Å². The third-order valence-electron chi connectivity index (χ3n) is 2.67. The molecule has 1 aromatic rings. The number of carbonyl (C=O) groups excluding carboxylic acids is 1. The lowest BCUT2D eigenvalue weighted by Crippen LogP contribution is -2.28. The summed E-state index contributed by atoms with van der Waals surface area (Å²) in [7, 11) is 0. The van der Waals surface area contributed by atoms with Gasteiger partial charge >= 0.3 is 0 Å². The number of nitrogens with one attached hydrogen (secondary N) is 1. The summed E-state index contributed by atoms with van der Waals surface area (Å²) in [4.78, 5) is 10.8. The quantitative estimate of drug-likeness (QED) is 0.768. The molecule has 0 amide bonds. The van der Waals surface area contributed by atoms with Crippen LogP contribution in [0.4, 0.5) is 5.69 Å². The Morgan fingerprint density at radius 1 is 1.27 bits per heavy atom. The van der Waals surface area contributed by atoms with Crippen molar-refractivity contribution < 1.29 is 9.53 Å². The van der Waals surface area contributed by atoms with Crippen LogP contribution in [0.5, 0.6) is 0 Å². The molecule has 1 saturated heterocycles. The molecule has 80 valence electrons. The van der Waals surface area contributed by atoms with E-state index >= 15 is 0 Å². The first-order valence-electron chi connectivity index (χ1n) is 5.28. The average molecular weight is 205 g/mol. The van der Waals surface area contributed by atoms with Crippen molar-refractivity contribution in [3.8, 4) is 0 Å². The highest BCUT2D eigenvalue weighted by molar-refractivity contribution is 5.84. The summed E-state index contributed by atoms with van der Waals surface area (Å²) >= 11 is 0. The van der Waals surface area contributed by atoms with E-state index in [1.54, 1.807) is 0 Å². The summed E-state index contributed by atoms with van der Waals surface area (Å²) in [6, 6.07) is 8.02. The maximum absolute atomic E-state index is 10.8. The second-order valence-electron chi connectivity index (χ2n) is 3.74. The molecule has 0 aromatic heterocycles. The van der Waals surface area contributed by atoms with Gasteiger partial charge in [-0.1, -0.05) is 12.1 Å². The van der Waals surface area contributed by atoms with E-state index in [0.717, 1.165) is 43.6 Å². The van der Waals surface area contributed by atoms with Crippen molar-refractivity contribution in [1.82, 2.24) is 0 Å². The standard InChI is InChI=1S/C12H15NO2/c14-9-10-3-1-2-4-12(10)13-11-5-7-15-8-6-11/h1-4,9,11,13H,5-8H2. The fourth-order valence-corrected chi connectivity index (χ4v) is 1.79. The molecule has 0 atom stereocenters. The van der Waals surface area contributed by atoms with Crippen LogP contribution in [-0.4, -0.2) is 25.5 Å². The SMILES string of the molecule is O=Cc1ccccc1NC1CCOCC1. The van der Waals surface area contributed by atoms with Gasteiger partial charge in [-0.3, -0.25) is 4.79 Å². The van der Waals surface area contributed by atoms with Crippen LogP contribution >= 0.6 is 0 Å². The number of benzene rings is 1. The summed E-state index contributed by atoms with van der Waals surface area (Å²) in [6.45, 7) is 1.61. The van der Waals surface area contributed by atoms with Crippen molar-refractivity contribution in [3.05, 3.63) is 29.8 Å². The Hall–Kier alpha value is -1.35. The number of carbonyl (C=O) groups is 1. The number of rotatable bonds is 3. The third-order valence-corrected chi connectivity index (χ3v) is 2.67. The van der Waals surface area contributed by atoms with Crippen LogP contribution in [0.15, 0.2) is 24.3 Å². The molecular formula is C12H15NO2. The average Bonchev–Trinajstić information content (AvgIpc) is 2.31. The minimum atomic E-state index is 0.430. The van der Waals surface area contributed by atoms with E-state index in [1.807, 2.05) is 24.3 Å². The largest absolute Gasteiger partial charge is 0.382 e. The van der Waals surface area contributed by atoms with Crippen LogP contribution in [0.1, 0.15) is 23.2 Å². The first-order chi connectivity index (χ1) is 7.40. The highest BCUT2D eigenvalue weighted by Gasteiger charge is 2.14. The number of aldehydes is 1. The van der Waals surface area contributed by atoms with E-state index < -0.39 is 0 Å². The molecule has 0 bridgehead atoms. The Balaban J connectivity index is 2.05. The zero-order valence-electron chi connectivity index (χ0n) is 8.61. The van der Waals surface area contributed by atoms with Crippen LogP contribution in [0, 0.1) is 0 Å². The molecule has 0 aliphatic carbocycles. The Kier molecular flexibility index (Phi) is 3.35. The topological polar surface area (TPSA) is 38.3 Å². The number of anilines is 1. The molecule has 1 aliphatic heterocycles. The predicted molar refractivity (Wildman–Crippen MR) is 59.3 cm³/mol. The summed E-state index contributed by atoms with van der Waals surface area (Å²) in [6.07, 6.45) is 2.90. The Morgan fingerprint density at radius 3 is 2.73 bits per heavy atom. The molecule has 2 rings (SSSR count). The zero-order valence-corrected chi connectivity index (χ0v) is 8.61. The molecule has 0 spiro atoms. The van der Waals surface area contributed by atoms with Gasteiger partial charge in [0.2, 0.25) is 0 Å². The van der Waals surface area contributed by atoms with E-state index in [-0.39, 0.29) is 0 Å². The lowest BCUT2D eigenvalue weighted by Gasteiger charge is -2.24. The maximum Gasteiger partial charge on any atom is 0.152 e. The lowest BCUT2D eigenvalue weighted by molar-refractivity contribution is 0.0904. The van der Waals surface area contributed by atoms with Gasteiger partial charge in [0.05, 0.1) is 0 Å². The van der Waals surface area contributed by atoms with Gasteiger partial charge in [-0.05, 0) is 25.0 Å². The van der Waals surface area contributed by atoms with Crippen molar-refractivity contribution in [3.63, 3.8) is 0 Å². The minimum absolute atomic E-state index is 0.430. The first kappa shape index (κ1) is 10.2. The van der Waals surface area contributed by atoms with Gasteiger partial charge in [0, 0.05) is 30.5 Å². The molecule has 1 fully saturated rings. The maximum atomic E-state index is 10.8. The molecular weight excluding hydrogens is 190 g/mol. The number of hydrogen-bond donors (Lipinski definition) is 1. The van der Waals surface area contributed by atoms with E-state index in [4.69, 9.17) is 4.74 Å². The lowest BCUT2D eigenvalue weighted by atomic mass is 10.1. The summed E-state index contributed by atoms with van der Waals surface area (Å²) in [5.41, 5.74) is 1.66. The molecule has 0 radical (unpaired) electrons. The van der Waals surface area contributed by atoms with Gasteiger partial charge in [0.15, 0.2) is 6.29 Å². The minimum Gasteiger partial charge on any atom is -0.382 e. The number of ether oxygens (including phenoxy) is 1. The fourth-order valence-electron chi connectivity index (χ4n) is 1.79. The molecule has 1 aliphatic rings. The van der Waals surface area contributed by atoms with Gasteiger partial charge in [0.25, 0.3) is 0 Å². The van der Waals surface area contributed by atoms with E-state index in [1.165, 1.54) is 0 Å². The van der Waals surface area contributed by atoms with Crippen molar-refractivity contribution >= 4 is 12.0 Å². The van der Waals surface area contributed by atoms with Crippen molar-refractivity contribution in [2.24, 2.45) is 0 Å². The summed E-state index contributed by atoms with van der Waals surface area (Å²) < 4.78 is 5.28. The highest BCUT2D eigenvalue weighted by atomic mass is 16.5. The predicted octanol–water partition coefficient (Wildman–Crippen LogP) is 2.09. The normalized spacial score (nSPS) is 17.3. The van der Waals surface area contributed by atoms with Crippen molar-refractivity contribution in [1.29, 1.82) is 0 Å². The van der Waals surface area contributed by atoms with Crippen LogP contribution < -0.4 is 5.32 Å². The molecule has 1 aromatic carbocycles. The Bertz CT molecular complexity index is 332. The van der Waals surface area contributed by atoms with Gasteiger partial charge in [0.1, 0.15) is 0 Å². The zero-order chi connectivity index (χ0) is 10.5. The van der Waals surface area contributed by atoms with E-state index in [0.29, 0.717) is 6.04 Å². The van der Waals surface area contributed by atoms with E-state index in [2.05, 4.69) is 5.32 Å².